The topological polar surface area (TPSA) is 58.2 Å². The van der Waals surface area contributed by atoms with Crippen molar-refractivity contribution in [2.24, 2.45) is 0 Å². The minimum atomic E-state index is -4.40. The molecular formula is C15H19F3N2O2. The van der Waals surface area contributed by atoms with Crippen molar-refractivity contribution in [3.05, 3.63) is 35.4 Å². The van der Waals surface area contributed by atoms with E-state index < -0.39 is 23.2 Å². The Morgan fingerprint density at radius 3 is 2.00 bits per heavy atom. The Labute approximate surface area is 127 Å². The number of carbonyl (C=O) groups is 2. The van der Waals surface area contributed by atoms with Crippen LogP contribution in [0, 0.1) is 0 Å². The summed E-state index contributed by atoms with van der Waals surface area (Å²) in [6.07, 6.45) is -4.48. The normalized spacial score (nSPS) is 11.9. The summed E-state index contributed by atoms with van der Waals surface area (Å²) in [5.74, 6) is -0.753. The molecule has 0 saturated heterocycles. The maximum absolute atomic E-state index is 12.4. The number of hydrogen-bond donors (Lipinski definition) is 2. The highest BCUT2D eigenvalue weighted by Gasteiger charge is 2.29. The van der Waals surface area contributed by atoms with E-state index in [4.69, 9.17) is 0 Å². The van der Waals surface area contributed by atoms with Crippen molar-refractivity contribution in [2.45, 2.75) is 38.9 Å². The summed E-state index contributed by atoms with van der Waals surface area (Å²) < 4.78 is 37.2. The zero-order valence-electron chi connectivity index (χ0n) is 12.7. The highest BCUT2D eigenvalue weighted by molar-refractivity contribution is 5.85. The van der Waals surface area contributed by atoms with Crippen molar-refractivity contribution >= 4 is 11.8 Å². The van der Waals surface area contributed by atoms with Gasteiger partial charge in [-0.3, -0.25) is 9.59 Å². The quantitative estimate of drug-likeness (QED) is 0.895. The second kappa shape index (κ2) is 6.81. The van der Waals surface area contributed by atoms with Gasteiger partial charge in [-0.15, -0.1) is 0 Å². The zero-order chi connectivity index (χ0) is 17.0. The molecule has 22 heavy (non-hydrogen) atoms. The van der Waals surface area contributed by atoms with Gasteiger partial charge in [0.15, 0.2) is 0 Å². The van der Waals surface area contributed by atoms with Crippen molar-refractivity contribution in [1.29, 1.82) is 0 Å². The standard InChI is InChI=1S/C15H19F3N2O2/c1-14(2,3)20-13(22)9-19-12(21)8-10-4-6-11(7-5-10)15(16,17)18/h4-7H,8-9H2,1-3H3,(H,19,21)(H,20,22). The van der Waals surface area contributed by atoms with Gasteiger partial charge in [0, 0.05) is 5.54 Å². The molecule has 2 amide bonds. The van der Waals surface area contributed by atoms with Crippen LogP contribution in [0.4, 0.5) is 13.2 Å². The maximum atomic E-state index is 12.4. The molecule has 1 aromatic rings. The smallest absolute Gasteiger partial charge is 0.350 e. The van der Waals surface area contributed by atoms with Gasteiger partial charge in [0.25, 0.3) is 0 Å². The largest absolute Gasteiger partial charge is 0.416 e. The van der Waals surface area contributed by atoms with Gasteiger partial charge in [-0.2, -0.15) is 13.2 Å². The number of halogens is 3. The third-order valence-corrected chi connectivity index (χ3v) is 2.61. The fraction of sp³-hybridized carbons (Fsp3) is 0.467. The Morgan fingerprint density at radius 1 is 1.00 bits per heavy atom. The molecule has 0 aliphatic carbocycles. The van der Waals surface area contributed by atoms with E-state index in [-0.39, 0.29) is 18.9 Å². The molecule has 0 aromatic heterocycles. The Balaban J connectivity index is 2.47. The van der Waals surface area contributed by atoms with Crippen LogP contribution in [-0.4, -0.2) is 23.9 Å². The van der Waals surface area contributed by atoms with Crippen molar-refractivity contribution in [2.75, 3.05) is 6.54 Å². The second-order valence-corrected chi connectivity index (χ2v) is 5.95. The first-order chi connectivity index (χ1) is 9.97. The minimum absolute atomic E-state index is 0.0824. The van der Waals surface area contributed by atoms with E-state index in [9.17, 15) is 22.8 Å². The zero-order valence-corrected chi connectivity index (χ0v) is 12.7. The fourth-order valence-corrected chi connectivity index (χ4v) is 1.70. The number of nitrogens with one attached hydrogen (secondary N) is 2. The molecule has 4 nitrogen and oxygen atoms in total. The average molecular weight is 316 g/mol. The van der Waals surface area contributed by atoms with E-state index in [1.807, 2.05) is 20.8 Å². The molecule has 0 fully saturated rings. The molecular weight excluding hydrogens is 297 g/mol. The molecule has 7 heteroatoms. The lowest BCUT2D eigenvalue weighted by Crippen LogP contribution is -2.46. The van der Waals surface area contributed by atoms with Gasteiger partial charge >= 0.3 is 6.18 Å². The van der Waals surface area contributed by atoms with Gasteiger partial charge in [0.05, 0.1) is 18.5 Å². The first-order valence-electron chi connectivity index (χ1n) is 6.71. The summed E-state index contributed by atoms with van der Waals surface area (Å²) in [6, 6.07) is 4.35. The van der Waals surface area contributed by atoms with Gasteiger partial charge < -0.3 is 10.6 Å². The lowest BCUT2D eigenvalue weighted by Gasteiger charge is -2.20. The van der Waals surface area contributed by atoms with Crippen LogP contribution in [0.5, 0.6) is 0 Å². The number of amides is 2. The number of carbonyl (C=O) groups excluding carboxylic acids is 2. The lowest BCUT2D eigenvalue weighted by atomic mass is 10.1. The number of hydrogen-bond acceptors (Lipinski definition) is 2. The fourth-order valence-electron chi connectivity index (χ4n) is 1.70. The van der Waals surface area contributed by atoms with E-state index in [1.165, 1.54) is 12.1 Å². The van der Waals surface area contributed by atoms with E-state index in [0.717, 1.165) is 12.1 Å². The van der Waals surface area contributed by atoms with Crippen molar-refractivity contribution in [1.82, 2.24) is 10.6 Å². The van der Waals surface area contributed by atoms with E-state index in [0.29, 0.717) is 5.56 Å². The van der Waals surface area contributed by atoms with Crippen molar-refractivity contribution in [3.63, 3.8) is 0 Å². The van der Waals surface area contributed by atoms with E-state index in [1.54, 1.807) is 0 Å². The van der Waals surface area contributed by atoms with Crippen LogP contribution >= 0.6 is 0 Å². The SMILES string of the molecule is CC(C)(C)NC(=O)CNC(=O)Cc1ccc(C(F)(F)F)cc1. The van der Waals surface area contributed by atoms with E-state index >= 15 is 0 Å². The van der Waals surface area contributed by atoms with Gasteiger partial charge in [0.2, 0.25) is 11.8 Å². The molecule has 1 aromatic carbocycles. The van der Waals surface area contributed by atoms with Crippen LogP contribution in [-0.2, 0) is 22.2 Å². The summed E-state index contributed by atoms with van der Waals surface area (Å²) >= 11 is 0. The molecule has 0 radical (unpaired) electrons. The molecule has 0 saturated carbocycles. The Kier molecular flexibility index (Phi) is 5.57. The molecule has 122 valence electrons. The summed E-state index contributed by atoms with van der Waals surface area (Å²) in [6.45, 7) is 5.27. The lowest BCUT2D eigenvalue weighted by molar-refractivity contribution is -0.137. The van der Waals surface area contributed by atoms with Crippen LogP contribution in [0.25, 0.3) is 0 Å². The Morgan fingerprint density at radius 2 is 1.55 bits per heavy atom. The maximum Gasteiger partial charge on any atom is 0.416 e. The first-order valence-corrected chi connectivity index (χ1v) is 6.71. The molecule has 0 bridgehead atoms. The number of alkyl halides is 3. The second-order valence-electron chi connectivity index (χ2n) is 5.95. The average Bonchev–Trinajstić information content (AvgIpc) is 2.34. The summed E-state index contributed by atoms with van der Waals surface area (Å²) in [5, 5.41) is 5.11. The van der Waals surface area contributed by atoms with Crippen LogP contribution in [0.1, 0.15) is 31.9 Å². The van der Waals surface area contributed by atoms with Gasteiger partial charge in [-0.1, -0.05) is 12.1 Å². The van der Waals surface area contributed by atoms with Crippen LogP contribution in [0.3, 0.4) is 0 Å². The minimum Gasteiger partial charge on any atom is -0.350 e. The predicted molar refractivity (Wildman–Crippen MR) is 76.1 cm³/mol. The number of benzene rings is 1. The number of rotatable bonds is 4. The molecule has 0 spiro atoms. The molecule has 0 atom stereocenters. The Hall–Kier alpha value is -2.05. The van der Waals surface area contributed by atoms with Crippen LogP contribution < -0.4 is 10.6 Å². The third-order valence-electron chi connectivity index (χ3n) is 2.61. The van der Waals surface area contributed by atoms with Crippen molar-refractivity contribution < 1.29 is 22.8 Å². The first kappa shape index (κ1) is 18.0. The molecule has 1 rings (SSSR count). The summed E-state index contributed by atoms with van der Waals surface area (Å²) in [4.78, 5) is 23.2. The molecule has 0 unspecified atom stereocenters. The summed E-state index contributed by atoms with van der Waals surface area (Å²) in [5.41, 5.74) is -0.710. The van der Waals surface area contributed by atoms with Crippen molar-refractivity contribution in [3.8, 4) is 0 Å². The van der Waals surface area contributed by atoms with E-state index in [2.05, 4.69) is 10.6 Å². The molecule has 0 aliphatic rings. The van der Waals surface area contributed by atoms with Crippen LogP contribution in [0.15, 0.2) is 24.3 Å². The van der Waals surface area contributed by atoms with Gasteiger partial charge in [-0.05, 0) is 38.5 Å². The third kappa shape index (κ3) is 6.60. The molecule has 0 heterocycles. The summed E-state index contributed by atoms with van der Waals surface area (Å²) in [7, 11) is 0. The monoisotopic (exact) mass is 316 g/mol. The highest BCUT2D eigenvalue weighted by Crippen LogP contribution is 2.29. The highest BCUT2D eigenvalue weighted by atomic mass is 19.4. The predicted octanol–water partition coefficient (Wildman–Crippen LogP) is 2.28. The van der Waals surface area contributed by atoms with Gasteiger partial charge in [0.1, 0.15) is 0 Å². The Bertz CT molecular complexity index is 531. The molecule has 2 N–H and O–H groups in total. The molecule has 0 aliphatic heterocycles. The van der Waals surface area contributed by atoms with Gasteiger partial charge in [-0.25, -0.2) is 0 Å². The van der Waals surface area contributed by atoms with Crippen LogP contribution in [0.2, 0.25) is 0 Å².